The van der Waals surface area contributed by atoms with Gasteiger partial charge in [-0.15, -0.1) is 0 Å². The van der Waals surface area contributed by atoms with Crippen LogP contribution < -0.4 is 5.32 Å². The van der Waals surface area contributed by atoms with Gasteiger partial charge in [0.1, 0.15) is 6.26 Å². The molecule has 0 bridgehead atoms. The fourth-order valence-corrected chi connectivity index (χ4v) is 1.42. The van der Waals surface area contributed by atoms with E-state index in [1.165, 1.54) is 6.26 Å². The van der Waals surface area contributed by atoms with Crippen molar-refractivity contribution in [2.24, 2.45) is 0 Å². The number of hydrogen-bond donors (Lipinski definition) is 1. The number of benzene rings is 1. The van der Waals surface area contributed by atoms with E-state index in [-0.39, 0.29) is 18.3 Å². The van der Waals surface area contributed by atoms with Crippen LogP contribution in [0.15, 0.2) is 34.9 Å². The molecule has 0 aliphatic carbocycles. The second-order valence-corrected chi connectivity index (χ2v) is 3.58. The average Bonchev–Trinajstić information content (AvgIpc) is 2.88. The van der Waals surface area contributed by atoms with Gasteiger partial charge in [-0.3, -0.25) is 0 Å². The zero-order chi connectivity index (χ0) is 13.7. The Hall–Kier alpha value is -2.81. The second kappa shape index (κ2) is 5.69. The number of aromatic nitrogens is 1. The minimum atomic E-state index is -0.537. The molecule has 96 valence electrons. The number of nitrogens with one attached hydrogen (secondary N) is 1. The van der Waals surface area contributed by atoms with Crippen molar-refractivity contribution in [2.75, 3.05) is 11.9 Å². The molecule has 0 radical (unpaired) electrons. The number of nitriles is 1. The maximum absolute atomic E-state index is 11.4. The summed E-state index contributed by atoms with van der Waals surface area (Å²) in [6.07, 6.45) is 1.22. The van der Waals surface area contributed by atoms with E-state index in [0.717, 1.165) is 0 Å². The Morgan fingerprint density at radius 2 is 2.42 bits per heavy atom. The van der Waals surface area contributed by atoms with Gasteiger partial charge in [-0.1, -0.05) is 6.07 Å². The number of rotatable bonds is 4. The Balaban J connectivity index is 2.11. The van der Waals surface area contributed by atoms with Gasteiger partial charge in [0.2, 0.25) is 0 Å². The van der Waals surface area contributed by atoms with Crippen molar-refractivity contribution in [1.29, 1.82) is 5.26 Å². The van der Waals surface area contributed by atoms with E-state index < -0.39 is 5.97 Å². The van der Waals surface area contributed by atoms with Gasteiger partial charge in [0.15, 0.2) is 5.69 Å². The van der Waals surface area contributed by atoms with E-state index in [9.17, 15) is 4.79 Å². The number of carbonyl (C=O) groups is 1. The molecule has 0 spiro atoms. The monoisotopic (exact) mass is 257 g/mol. The lowest BCUT2D eigenvalue weighted by molar-refractivity contribution is 0.0519. The van der Waals surface area contributed by atoms with Crippen LogP contribution in [0.4, 0.5) is 11.7 Å². The number of esters is 1. The highest BCUT2D eigenvalue weighted by atomic mass is 16.5. The highest BCUT2D eigenvalue weighted by molar-refractivity contribution is 5.87. The number of carbonyl (C=O) groups excluding carboxylic acids is 1. The molecule has 2 aromatic rings. The maximum atomic E-state index is 11.4. The zero-order valence-electron chi connectivity index (χ0n) is 10.2. The standard InChI is InChI=1S/C13H11N3O3/c1-2-18-12(17)11-8-19-13(16-11)15-10-5-3-4-9(6-10)7-14/h3-6,8H,2H2,1H3,(H,15,16). The minimum absolute atomic E-state index is 0.0980. The Morgan fingerprint density at radius 3 is 3.16 bits per heavy atom. The highest BCUT2D eigenvalue weighted by Gasteiger charge is 2.13. The van der Waals surface area contributed by atoms with Crippen LogP contribution in [0, 0.1) is 11.3 Å². The SMILES string of the molecule is CCOC(=O)c1coc(Nc2cccc(C#N)c2)n1. The van der Waals surface area contributed by atoms with E-state index in [2.05, 4.69) is 10.3 Å². The number of oxazole rings is 1. The van der Waals surface area contributed by atoms with Crippen LogP contribution >= 0.6 is 0 Å². The lowest BCUT2D eigenvalue weighted by atomic mass is 10.2. The van der Waals surface area contributed by atoms with Crippen molar-refractivity contribution in [3.63, 3.8) is 0 Å². The Labute approximate surface area is 109 Å². The normalized spacial score (nSPS) is 9.68. The van der Waals surface area contributed by atoms with Crippen LogP contribution in [0.25, 0.3) is 0 Å². The first-order chi connectivity index (χ1) is 9.22. The molecule has 1 aromatic carbocycles. The summed E-state index contributed by atoms with van der Waals surface area (Å²) >= 11 is 0. The molecule has 0 fully saturated rings. The minimum Gasteiger partial charge on any atom is -0.461 e. The van der Waals surface area contributed by atoms with Gasteiger partial charge >= 0.3 is 5.97 Å². The van der Waals surface area contributed by atoms with Crippen LogP contribution in [-0.2, 0) is 4.74 Å². The summed E-state index contributed by atoms with van der Waals surface area (Å²) in [5.41, 5.74) is 1.26. The first-order valence-electron chi connectivity index (χ1n) is 5.62. The molecule has 19 heavy (non-hydrogen) atoms. The number of nitrogens with zero attached hydrogens (tertiary/aromatic N) is 2. The molecule has 1 heterocycles. The molecule has 0 amide bonds. The van der Waals surface area contributed by atoms with Crippen molar-refractivity contribution >= 4 is 17.7 Å². The highest BCUT2D eigenvalue weighted by Crippen LogP contribution is 2.17. The molecule has 0 atom stereocenters. The van der Waals surface area contributed by atoms with Gasteiger partial charge < -0.3 is 14.5 Å². The molecule has 0 unspecified atom stereocenters. The first kappa shape index (κ1) is 12.6. The molecule has 1 aromatic heterocycles. The lowest BCUT2D eigenvalue weighted by Crippen LogP contribution is -2.04. The largest absolute Gasteiger partial charge is 0.461 e. The zero-order valence-corrected chi connectivity index (χ0v) is 10.2. The van der Waals surface area contributed by atoms with Crippen LogP contribution in [0.2, 0.25) is 0 Å². The maximum Gasteiger partial charge on any atom is 0.360 e. The van der Waals surface area contributed by atoms with Gasteiger partial charge in [0.05, 0.1) is 18.2 Å². The van der Waals surface area contributed by atoms with E-state index in [1.807, 2.05) is 6.07 Å². The number of hydrogen-bond acceptors (Lipinski definition) is 6. The van der Waals surface area contributed by atoms with Crippen molar-refractivity contribution in [3.8, 4) is 6.07 Å². The molecular weight excluding hydrogens is 246 g/mol. The van der Waals surface area contributed by atoms with E-state index in [1.54, 1.807) is 31.2 Å². The summed E-state index contributed by atoms with van der Waals surface area (Å²) in [5, 5.41) is 11.6. The van der Waals surface area contributed by atoms with E-state index >= 15 is 0 Å². The van der Waals surface area contributed by atoms with Crippen molar-refractivity contribution in [1.82, 2.24) is 4.98 Å². The molecule has 2 rings (SSSR count). The Kier molecular flexibility index (Phi) is 3.78. The topological polar surface area (TPSA) is 88.1 Å². The van der Waals surface area contributed by atoms with Crippen LogP contribution in [0.3, 0.4) is 0 Å². The van der Waals surface area contributed by atoms with Crippen molar-refractivity contribution < 1.29 is 13.9 Å². The molecule has 0 saturated carbocycles. The molecular formula is C13H11N3O3. The van der Waals surface area contributed by atoms with E-state index in [4.69, 9.17) is 14.4 Å². The van der Waals surface area contributed by atoms with Gasteiger partial charge in [-0.25, -0.2) is 4.79 Å². The third-order valence-electron chi connectivity index (χ3n) is 2.23. The van der Waals surface area contributed by atoms with Gasteiger partial charge in [0, 0.05) is 5.69 Å². The Bertz CT molecular complexity index is 628. The summed E-state index contributed by atoms with van der Waals surface area (Å²) in [4.78, 5) is 15.3. The van der Waals surface area contributed by atoms with Gasteiger partial charge in [0.25, 0.3) is 6.01 Å². The molecule has 0 aliphatic heterocycles. The van der Waals surface area contributed by atoms with E-state index in [0.29, 0.717) is 11.3 Å². The molecule has 1 N–H and O–H groups in total. The molecule has 6 heteroatoms. The van der Waals surface area contributed by atoms with Crippen LogP contribution in [-0.4, -0.2) is 17.6 Å². The van der Waals surface area contributed by atoms with Crippen molar-refractivity contribution in [3.05, 3.63) is 41.8 Å². The van der Waals surface area contributed by atoms with Crippen LogP contribution in [0.1, 0.15) is 23.0 Å². The molecule has 0 aliphatic rings. The summed E-state index contributed by atoms with van der Waals surface area (Å²) in [7, 11) is 0. The summed E-state index contributed by atoms with van der Waals surface area (Å²) in [5.74, 6) is -0.537. The molecule has 0 saturated heterocycles. The predicted octanol–water partition coefficient (Wildman–Crippen LogP) is 2.47. The van der Waals surface area contributed by atoms with Crippen molar-refractivity contribution in [2.45, 2.75) is 6.92 Å². The quantitative estimate of drug-likeness (QED) is 0.846. The van der Waals surface area contributed by atoms with Crippen LogP contribution in [0.5, 0.6) is 0 Å². The van der Waals surface area contributed by atoms with Gasteiger partial charge in [-0.05, 0) is 25.1 Å². The fourth-order valence-electron chi connectivity index (χ4n) is 1.42. The number of ether oxygens (including phenoxy) is 1. The summed E-state index contributed by atoms with van der Waals surface area (Å²) < 4.78 is 9.90. The number of anilines is 2. The lowest BCUT2D eigenvalue weighted by Gasteiger charge is -2.00. The fraction of sp³-hybridized carbons (Fsp3) is 0.154. The molecule has 6 nitrogen and oxygen atoms in total. The summed E-state index contributed by atoms with van der Waals surface area (Å²) in [6.45, 7) is 1.99. The predicted molar refractivity (Wildman–Crippen MR) is 66.9 cm³/mol. The third kappa shape index (κ3) is 3.10. The second-order valence-electron chi connectivity index (χ2n) is 3.58. The third-order valence-corrected chi connectivity index (χ3v) is 2.23. The smallest absolute Gasteiger partial charge is 0.360 e. The Morgan fingerprint density at radius 1 is 1.58 bits per heavy atom. The summed E-state index contributed by atoms with van der Waals surface area (Å²) in [6, 6.07) is 9.02. The van der Waals surface area contributed by atoms with Gasteiger partial charge in [-0.2, -0.15) is 10.2 Å². The average molecular weight is 257 g/mol. The first-order valence-corrected chi connectivity index (χ1v) is 5.62.